The molecule has 0 saturated carbocycles. The molecule has 0 aliphatic heterocycles. The van der Waals surface area contributed by atoms with E-state index in [2.05, 4.69) is 37.4 Å². The van der Waals surface area contributed by atoms with Gasteiger partial charge in [0.25, 0.3) is 0 Å². The van der Waals surface area contributed by atoms with E-state index in [9.17, 15) is 8.42 Å². The summed E-state index contributed by atoms with van der Waals surface area (Å²) in [6.07, 6.45) is 4.06. The lowest BCUT2D eigenvalue weighted by Gasteiger charge is -2.20. The van der Waals surface area contributed by atoms with E-state index >= 15 is 0 Å². The SMILES string of the molecule is CCCNCC(CCCS(C)(=O)=O)c1ccccc1C. The lowest BCUT2D eigenvalue weighted by Crippen LogP contribution is -2.23. The van der Waals surface area contributed by atoms with Gasteiger partial charge in [-0.1, -0.05) is 31.2 Å². The second-order valence-electron chi connectivity index (χ2n) is 5.53. The minimum Gasteiger partial charge on any atom is -0.316 e. The molecule has 0 spiro atoms. The molecule has 114 valence electrons. The smallest absolute Gasteiger partial charge is 0.147 e. The Hall–Kier alpha value is -0.870. The molecule has 20 heavy (non-hydrogen) atoms. The van der Waals surface area contributed by atoms with E-state index in [0.29, 0.717) is 5.92 Å². The van der Waals surface area contributed by atoms with Crippen LogP contribution in [0.4, 0.5) is 0 Å². The monoisotopic (exact) mass is 297 g/mol. The lowest BCUT2D eigenvalue weighted by molar-refractivity contribution is 0.537. The molecule has 0 aliphatic rings. The zero-order valence-electron chi connectivity index (χ0n) is 12.9. The zero-order valence-corrected chi connectivity index (χ0v) is 13.7. The summed E-state index contributed by atoms with van der Waals surface area (Å²) in [5.74, 6) is 0.674. The predicted molar refractivity (Wildman–Crippen MR) is 86.0 cm³/mol. The molecule has 0 aromatic heterocycles. The van der Waals surface area contributed by atoms with Crippen molar-refractivity contribution in [1.29, 1.82) is 0 Å². The minimum absolute atomic E-state index is 0.281. The highest BCUT2D eigenvalue weighted by atomic mass is 32.2. The van der Waals surface area contributed by atoms with Crippen LogP contribution in [0.25, 0.3) is 0 Å². The molecule has 0 aliphatic carbocycles. The third-order valence-corrected chi connectivity index (χ3v) is 4.54. The van der Waals surface area contributed by atoms with Gasteiger partial charge < -0.3 is 5.32 Å². The van der Waals surface area contributed by atoms with E-state index in [-0.39, 0.29) is 5.75 Å². The van der Waals surface area contributed by atoms with Crippen molar-refractivity contribution in [1.82, 2.24) is 5.32 Å². The Labute approximate surface area is 123 Å². The molecule has 0 fully saturated rings. The lowest BCUT2D eigenvalue weighted by atomic mass is 9.91. The Morgan fingerprint density at radius 3 is 2.55 bits per heavy atom. The molecule has 0 radical (unpaired) electrons. The molecule has 0 saturated heterocycles. The first-order valence-corrected chi connectivity index (χ1v) is 9.44. The first kappa shape index (κ1) is 17.2. The molecule has 1 N–H and O–H groups in total. The van der Waals surface area contributed by atoms with Gasteiger partial charge in [0.1, 0.15) is 9.84 Å². The van der Waals surface area contributed by atoms with E-state index in [1.807, 2.05) is 6.07 Å². The van der Waals surface area contributed by atoms with Crippen molar-refractivity contribution in [2.75, 3.05) is 25.1 Å². The number of hydrogen-bond acceptors (Lipinski definition) is 3. The quantitative estimate of drug-likeness (QED) is 0.713. The van der Waals surface area contributed by atoms with Gasteiger partial charge in [-0.05, 0) is 49.8 Å². The molecule has 1 atom stereocenters. The van der Waals surface area contributed by atoms with Crippen LogP contribution in [0.5, 0.6) is 0 Å². The summed E-state index contributed by atoms with van der Waals surface area (Å²) in [7, 11) is -2.86. The molecule has 1 rings (SSSR count). The highest BCUT2D eigenvalue weighted by Gasteiger charge is 2.14. The average Bonchev–Trinajstić information content (AvgIpc) is 2.37. The Morgan fingerprint density at radius 1 is 1.25 bits per heavy atom. The van der Waals surface area contributed by atoms with Gasteiger partial charge in [-0.3, -0.25) is 0 Å². The van der Waals surface area contributed by atoms with Crippen molar-refractivity contribution in [2.45, 2.75) is 39.0 Å². The van der Waals surface area contributed by atoms with Crippen LogP contribution < -0.4 is 5.32 Å². The standard InChI is InChI=1S/C16H27NO2S/c1-4-11-17-13-15(9-7-12-20(3,18)19)16-10-6-5-8-14(16)2/h5-6,8,10,15,17H,4,7,9,11-13H2,1-3H3. The number of hydrogen-bond donors (Lipinski definition) is 1. The number of rotatable bonds is 9. The van der Waals surface area contributed by atoms with E-state index in [4.69, 9.17) is 0 Å². The van der Waals surface area contributed by atoms with Gasteiger partial charge in [-0.15, -0.1) is 0 Å². The maximum atomic E-state index is 11.3. The third kappa shape index (κ3) is 6.53. The second kappa shape index (κ2) is 8.42. The maximum Gasteiger partial charge on any atom is 0.147 e. The highest BCUT2D eigenvalue weighted by Crippen LogP contribution is 2.24. The molecule has 0 heterocycles. The predicted octanol–water partition coefficient (Wildman–Crippen LogP) is 2.90. The minimum atomic E-state index is -2.86. The van der Waals surface area contributed by atoms with Crippen LogP contribution in [0.3, 0.4) is 0 Å². The molecule has 1 unspecified atom stereocenters. The first-order valence-electron chi connectivity index (χ1n) is 7.38. The number of sulfone groups is 1. The van der Waals surface area contributed by atoms with Crippen molar-refractivity contribution in [3.8, 4) is 0 Å². The molecular weight excluding hydrogens is 270 g/mol. The summed E-state index contributed by atoms with van der Waals surface area (Å²) in [4.78, 5) is 0. The van der Waals surface area contributed by atoms with Crippen LogP contribution >= 0.6 is 0 Å². The third-order valence-electron chi connectivity index (χ3n) is 3.51. The maximum absolute atomic E-state index is 11.3. The van der Waals surface area contributed by atoms with Gasteiger partial charge >= 0.3 is 0 Å². The second-order valence-corrected chi connectivity index (χ2v) is 7.79. The number of benzene rings is 1. The van der Waals surface area contributed by atoms with Crippen LogP contribution in [-0.4, -0.2) is 33.5 Å². The van der Waals surface area contributed by atoms with Gasteiger partial charge in [-0.25, -0.2) is 8.42 Å². The Kier molecular flexibility index (Phi) is 7.24. The van der Waals surface area contributed by atoms with Gasteiger partial charge in [0.2, 0.25) is 0 Å². The molecule has 0 bridgehead atoms. The average molecular weight is 297 g/mol. The van der Waals surface area contributed by atoms with E-state index in [1.54, 1.807) is 0 Å². The van der Waals surface area contributed by atoms with Crippen molar-refractivity contribution in [3.05, 3.63) is 35.4 Å². The summed E-state index contributed by atoms with van der Waals surface area (Å²) in [6.45, 7) is 6.20. The van der Waals surface area contributed by atoms with Gasteiger partial charge in [0, 0.05) is 18.6 Å². The van der Waals surface area contributed by atoms with Crippen molar-refractivity contribution >= 4 is 9.84 Å². The summed E-state index contributed by atoms with van der Waals surface area (Å²) >= 11 is 0. The van der Waals surface area contributed by atoms with Crippen LogP contribution in [0.15, 0.2) is 24.3 Å². The largest absolute Gasteiger partial charge is 0.316 e. The summed E-state index contributed by atoms with van der Waals surface area (Å²) in [5, 5.41) is 3.46. The molecule has 1 aromatic rings. The number of nitrogens with one attached hydrogen (secondary N) is 1. The van der Waals surface area contributed by atoms with E-state index in [1.165, 1.54) is 17.4 Å². The summed E-state index contributed by atoms with van der Waals surface area (Å²) < 4.78 is 22.5. The normalized spacial score (nSPS) is 13.3. The van der Waals surface area contributed by atoms with Crippen LogP contribution in [0.2, 0.25) is 0 Å². The molecule has 0 amide bonds. The molecule has 4 heteroatoms. The molecule has 1 aromatic carbocycles. The Balaban J connectivity index is 2.67. The van der Waals surface area contributed by atoms with Gasteiger partial charge in [0.15, 0.2) is 0 Å². The zero-order chi connectivity index (χ0) is 15.0. The fourth-order valence-electron chi connectivity index (χ4n) is 2.46. The Morgan fingerprint density at radius 2 is 1.95 bits per heavy atom. The van der Waals surface area contributed by atoms with Crippen LogP contribution in [0, 0.1) is 6.92 Å². The van der Waals surface area contributed by atoms with Crippen molar-refractivity contribution in [3.63, 3.8) is 0 Å². The first-order chi connectivity index (χ1) is 9.44. The summed E-state index contributed by atoms with van der Waals surface area (Å²) in [6, 6.07) is 8.39. The van der Waals surface area contributed by atoms with E-state index in [0.717, 1.165) is 32.4 Å². The fourth-order valence-corrected chi connectivity index (χ4v) is 3.15. The van der Waals surface area contributed by atoms with E-state index < -0.39 is 9.84 Å². The highest BCUT2D eigenvalue weighted by molar-refractivity contribution is 7.90. The topological polar surface area (TPSA) is 46.2 Å². The van der Waals surface area contributed by atoms with Crippen LogP contribution in [-0.2, 0) is 9.84 Å². The number of aryl methyl sites for hydroxylation is 1. The summed E-state index contributed by atoms with van der Waals surface area (Å²) in [5.41, 5.74) is 2.62. The van der Waals surface area contributed by atoms with Crippen molar-refractivity contribution < 1.29 is 8.42 Å². The molecular formula is C16H27NO2S. The van der Waals surface area contributed by atoms with Crippen molar-refractivity contribution in [2.24, 2.45) is 0 Å². The Bertz CT molecular complexity index is 497. The van der Waals surface area contributed by atoms with Gasteiger partial charge in [-0.2, -0.15) is 0 Å². The van der Waals surface area contributed by atoms with Gasteiger partial charge in [0.05, 0.1) is 0 Å². The van der Waals surface area contributed by atoms with Crippen LogP contribution in [0.1, 0.15) is 43.2 Å². The fraction of sp³-hybridized carbons (Fsp3) is 0.625. The molecule has 3 nitrogen and oxygen atoms in total.